The Labute approximate surface area is 143 Å². The van der Waals surface area contributed by atoms with E-state index in [9.17, 15) is 0 Å². The molecule has 1 saturated carbocycles. The van der Waals surface area contributed by atoms with E-state index in [0.29, 0.717) is 12.6 Å². The predicted octanol–water partition coefficient (Wildman–Crippen LogP) is 4.49. The van der Waals surface area contributed by atoms with E-state index >= 15 is 0 Å². The SMILES string of the molecule is S=C(NC1CCCCC1)N(Cc1ccccc1)Cc1ccco1. The Morgan fingerprint density at radius 1 is 1.04 bits per heavy atom. The fraction of sp³-hybridized carbons (Fsp3) is 0.421. The van der Waals surface area contributed by atoms with Crippen LogP contribution in [-0.4, -0.2) is 16.1 Å². The molecular formula is C19H24N2OS. The third-order valence-corrected chi connectivity index (χ3v) is 4.74. The molecule has 3 rings (SSSR count). The minimum Gasteiger partial charge on any atom is -0.467 e. The van der Waals surface area contributed by atoms with Gasteiger partial charge in [-0.05, 0) is 42.8 Å². The van der Waals surface area contributed by atoms with Crippen LogP contribution in [0.25, 0.3) is 0 Å². The highest BCUT2D eigenvalue weighted by Gasteiger charge is 2.18. The first-order valence-electron chi connectivity index (χ1n) is 8.43. The summed E-state index contributed by atoms with van der Waals surface area (Å²) in [6.07, 6.45) is 8.12. The Morgan fingerprint density at radius 2 is 1.83 bits per heavy atom. The molecule has 2 aromatic rings. The molecule has 0 amide bonds. The minimum absolute atomic E-state index is 0.520. The van der Waals surface area contributed by atoms with Crippen LogP contribution in [0.3, 0.4) is 0 Å². The summed E-state index contributed by atoms with van der Waals surface area (Å²) in [5.41, 5.74) is 1.26. The Hall–Kier alpha value is -1.81. The van der Waals surface area contributed by atoms with Crippen LogP contribution in [0.1, 0.15) is 43.4 Å². The molecule has 1 aromatic carbocycles. The zero-order valence-corrected chi connectivity index (χ0v) is 14.2. The zero-order chi connectivity index (χ0) is 15.9. The molecule has 0 aliphatic heterocycles. The second kappa shape index (κ2) is 8.16. The summed E-state index contributed by atoms with van der Waals surface area (Å²) in [5, 5.41) is 4.40. The molecule has 0 atom stereocenters. The number of rotatable bonds is 5. The number of hydrogen-bond donors (Lipinski definition) is 1. The van der Waals surface area contributed by atoms with Crippen molar-refractivity contribution in [3.63, 3.8) is 0 Å². The van der Waals surface area contributed by atoms with Gasteiger partial charge < -0.3 is 14.6 Å². The van der Waals surface area contributed by atoms with E-state index in [4.69, 9.17) is 16.6 Å². The molecule has 0 unspecified atom stereocenters. The molecule has 1 heterocycles. The molecule has 1 aromatic heterocycles. The standard InChI is InChI=1S/C19H24N2OS/c23-19(20-17-10-5-2-6-11-17)21(15-18-12-7-13-22-18)14-16-8-3-1-4-9-16/h1,3-4,7-9,12-13,17H,2,5-6,10-11,14-15H2,(H,20,23). The quantitative estimate of drug-likeness (QED) is 0.819. The number of hydrogen-bond acceptors (Lipinski definition) is 2. The van der Waals surface area contributed by atoms with Crippen molar-refractivity contribution >= 4 is 17.3 Å². The fourth-order valence-electron chi connectivity index (χ4n) is 3.11. The maximum absolute atomic E-state index is 5.70. The van der Waals surface area contributed by atoms with Crippen molar-refractivity contribution in [1.82, 2.24) is 10.2 Å². The highest BCUT2D eigenvalue weighted by atomic mass is 32.1. The molecule has 0 spiro atoms. The van der Waals surface area contributed by atoms with Crippen LogP contribution in [0.2, 0.25) is 0 Å². The minimum atomic E-state index is 0.520. The lowest BCUT2D eigenvalue weighted by Gasteiger charge is -2.30. The van der Waals surface area contributed by atoms with Crippen LogP contribution < -0.4 is 5.32 Å². The number of nitrogens with zero attached hydrogens (tertiary/aromatic N) is 1. The first-order valence-corrected chi connectivity index (χ1v) is 8.84. The van der Waals surface area contributed by atoms with Gasteiger partial charge in [0, 0.05) is 12.6 Å². The second-order valence-corrected chi connectivity index (χ2v) is 6.59. The summed E-state index contributed by atoms with van der Waals surface area (Å²) in [6.45, 7) is 1.49. The van der Waals surface area contributed by atoms with Crippen LogP contribution in [0.5, 0.6) is 0 Å². The van der Waals surface area contributed by atoms with Gasteiger partial charge in [-0.15, -0.1) is 0 Å². The van der Waals surface area contributed by atoms with Crippen LogP contribution in [0.4, 0.5) is 0 Å². The summed E-state index contributed by atoms with van der Waals surface area (Å²) in [7, 11) is 0. The Morgan fingerprint density at radius 3 is 2.52 bits per heavy atom. The number of nitrogens with one attached hydrogen (secondary N) is 1. The van der Waals surface area contributed by atoms with Gasteiger partial charge in [-0.2, -0.15) is 0 Å². The van der Waals surface area contributed by atoms with Crippen molar-refractivity contribution in [2.45, 2.75) is 51.2 Å². The molecule has 122 valence electrons. The smallest absolute Gasteiger partial charge is 0.169 e. The van der Waals surface area contributed by atoms with E-state index in [0.717, 1.165) is 17.4 Å². The van der Waals surface area contributed by atoms with E-state index in [-0.39, 0.29) is 0 Å². The normalized spacial score (nSPS) is 15.3. The van der Waals surface area contributed by atoms with Crippen molar-refractivity contribution in [3.8, 4) is 0 Å². The average Bonchev–Trinajstić information content (AvgIpc) is 3.09. The van der Waals surface area contributed by atoms with Gasteiger partial charge in [-0.1, -0.05) is 49.6 Å². The molecule has 0 bridgehead atoms. The summed E-state index contributed by atoms with van der Waals surface area (Å²) in [6, 6.07) is 14.9. The lowest BCUT2D eigenvalue weighted by Crippen LogP contribution is -2.44. The summed E-state index contributed by atoms with van der Waals surface area (Å²) < 4.78 is 5.51. The van der Waals surface area contributed by atoms with E-state index in [1.54, 1.807) is 6.26 Å². The fourth-order valence-corrected chi connectivity index (χ4v) is 3.40. The largest absolute Gasteiger partial charge is 0.467 e. The molecule has 1 aliphatic carbocycles. The number of benzene rings is 1. The Kier molecular flexibility index (Phi) is 5.70. The zero-order valence-electron chi connectivity index (χ0n) is 13.4. The van der Waals surface area contributed by atoms with Gasteiger partial charge in [0.25, 0.3) is 0 Å². The average molecular weight is 328 g/mol. The summed E-state index contributed by atoms with van der Waals surface area (Å²) >= 11 is 5.70. The molecule has 1 aliphatic rings. The van der Waals surface area contributed by atoms with Crippen molar-refractivity contribution in [1.29, 1.82) is 0 Å². The van der Waals surface area contributed by atoms with Gasteiger partial charge in [0.05, 0.1) is 12.8 Å². The van der Waals surface area contributed by atoms with Crippen molar-refractivity contribution < 1.29 is 4.42 Å². The van der Waals surface area contributed by atoms with Crippen molar-refractivity contribution in [3.05, 3.63) is 60.1 Å². The van der Waals surface area contributed by atoms with Gasteiger partial charge in [0.1, 0.15) is 5.76 Å². The van der Waals surface area contributed by atoms with Crippen LogP contribution in [0.15, 0.2) is 53.1 Å². The maximum atomic E-state index is 5.70. The van der Waals surface area contributed by atoms with Gasteiger partial charge in [0.15, 0.2) is 5.11 Å². The first kappa shape index (κ1) is 16.1. The van der Waals surface area contributed by atoms with Crippen molar-refractivity contribution in [2.75, 3.05) is 0 Å². The molecular weight excluding hydrogens is 304 g/mol. The highest BCUT2D eigenvalue weighted by molar-refractivity contribution is 7.80. The van der Waals surface area contributed by atoms with Crippen molar-refractivity contribution in [2.24, 2.45) is 0 Å². The van der Waals surface area contributed by atoms with E-state index < -0.39 is 0 Å². The van der Waals surface area contributed by atoms with Crippen LogP contribution in [0, 0.1) is 0 Å². The number of thiocarbonyl (C=S) groups is 1. The molecule has 1 fully saturated rings. The highest BCUT2D eigenvalue weighted by Crippen LogP contribution is 2.18. The molecule has 23 heavy (non-hydrogen) atoms. The molecule has 4 heteroatoms. The van der Waals surface area contributed by atoms with E-state index in [1.165, 1.54) is 37.7 Å². The summed E-state index contributed by atoms with van der Waals surface area (Å²) in [4.78, 5) is 2.19. The van der Waals surface area contributed by atoms with E-state index in [1.807, 2.05) is 18.2 Å². The lowest BCUT2D eigenvalue weighted by atomic mass is 9.96. The maximum Gasteiger partial charge on any atom is 0.169 e. The molecule has 1 N–H and O–H groups in total. The third kappa shape index (κ3) is 4.83. The second-order valence-electron chi connectivity index (χ2n) is 6.21. The van der Waals surface area contributed by atoms with Crippen LogP contribution >= 0.6 is 12.2 Å². The predicted molar refractivity (Wildman–Crippen MR) is 97.0 cm³/mol. The summed E-state index contributed by atoms with van der Waals surface area (Å²) in [5.74, 6) is 0.939. The van der Waals surface area contributed by atoms with Gasteiger partial charge in [-0.25, -0.2) is 0 Å². The lowest BCUT2D eigenvalue weighted by molar-refractivity contribution is 0.335. The molecule has 0 saturated heterocycles. The Bertz CT molecular complexity index is 591. The van der Waals surface area contributed by atoms with E-state index in [2.05, 4.69) is 34.5 Å². The molecule has 3 nitrogen and oxygen atoms in total. The molecule has 0 radical (unpaired) electrons. The topological polar surface area (TPSA) is 28.4 Å². The van der Waals surface area contributed by atoms with Gasteiger partial charge in [-0.3, -0.25) is 0 Å². The monoisotopic (exact) mass is 328 g/mol. The Balaban J connectivity index is 1.66. The van der Waals surface area contributed by atoms with Crippen LogP contribution in [-0.2, 0) is 13.1 Å². The number of furan rings is 1. The van der Waals surface area contributed by atoms with Gasteiger partial charge in [0.2, 0.25) is 0 Å². The first-order chi connectivity index (χ1) is 11.3. The van der Waals surface area contributed by atoms with Gasteiger partial charge >= 0.3 is 0 Å². The third-order valence-electron chi connectivity index (χ3n) is 4.36.